The summed E-state index contributed by atoms with van der Waals surface area (Å²) in [5.41, 5.74) is 2.59. The fourth-order valence-electron chi connectivity index (χ4n) is 2.86. The van der Waals surface area contributed by atoms with E-state index in [1.807, 2.05) is 48.5 Å². The van der Waals surface area contributed by atoms with Crippen LogP contribution in [0, 0.1) is 0 Å². The number of β-lactam (4-membered cyclic amide) rings is 1. The number of hydrogen-bond donors (Lipinski definition) is 0. The smallest absolute Gasteiger partial charge is 0.257 e. The lowest BCUT2D eigenvalue weighted by Crippen LogP contribution is -2.49. The van der Waals surface area contributed by atoms with E-state index in [9.17, 15) is 4.79 Å². The third-order valence-electron chi connectivity index (χ3n) is 4.10. The molecular formula is C20H19NO3. The molecule has 1 heterocycles. The SMILES string of the molecule is C=C/C=C1\C(=O)N(c2ccc(OC)cc2)[C@@H]1c1ccc(OC)cc1. The average molecular weight is 321 g/mol. The summed E-state index contributed by atoms with van der Waals surface area (Å²) in [6.45, 7) is 3.71. The zero-order valence-electron chi connectivity index (χ0n) is 13.7. The molecular weight excluding hydrogens is 302 g/mol. The number of hydrogen-bond acceptors (Lipinski definition) is 3. The van der Waals surface area contributed by atoms with Crippen LogP contribution in [0.4, 0.5) is 5.69 Å². The molecule has 122 valence electrons. The summed E-state index contributed by atoms with van der Waals surface area (Å²) >= 11 is 0. The zero-order chi connectivity index (χ0) is 17.1. The highest BCUT2D eigenvalue weighted by atomic mass is 16.5. The van der Waals surface area contributed by atoms with Crippen LogP contribution in [-0.2, 0) is 4.79 Å². The van der Waals surface area contributed by atoms with Crippen molar-refractivity contribution in [2.75, 3.05) is 19.1 Å². The highest BCUT2D eigenvalue weighted by Crippen LogP contribution is 2.43. The van der Waals surface area contributed by atoms with Gasteiger partial charge in [0.15, 0.2) is 0 Å². The summed E-state index contributed by atoms with van der Waals surface area (Å²) in [6.07, 6.45) is 3.42. The molecule has 0 saturated carbocycles. The summed E-state index contributed by atoms with van der Waals surface area (Å²) in [4.78, 5) is 14.3. The molecule has 0 bridgehead atoms. The molecule has 0 aliphatic carbocycles. The quantitative estimate of drug-likeness (QED) is 0.619. The Hall–Kier alpha value is -3.01. The van der Waals surface area contributed by atoms with Crippen LogP contribution in [-0.4, -0.2) is 20.1 Å². The lowest BCUT2D eigenvalue weighted by atomic mass is 9.87. The molecule has 1 aliphatic heterocycles. The number of amides is 1. The summed E-state index contributed by atoms with van der Waals surface area (Å²) < 4.78 is 10.4. The van der Waals surface area contributed by atoms with E-state index >= 15 is 0 Å². The topological polar surface area (TPSA) is 38.8 Å². The van der Waals surface area contributed by atoms with Crippen LogP contribution in [0.25, 0.3) is 0 Å². The normalized spacial score (nSPS) is 18.2. The molecule has 1 fully saturated rings. The summed E-state index contributed by atoms with van der Waals surface area (Å²) in [6, 6.07) is 15.1. The number of ether oxygens (including phenoxy) is 2. The molecule has 1 atom stereocenters. The second kappa shape index (κ2) is 6.62. The van der Waals surface area contributed by atoms with Gasteiger partial charge in [0, 0.05) is 11.3 Å². The van der Waals surface area contributed by atoms with Gasteiger partial charge < -0.3 is 9.47 Å². The molecule has 2 aromatic carbocycles. The summed E-state index contributed by atoms with van der Waals surface area (Å²) in [7, 11) is 3.25. The van der Waals surface area contributed by atoms with Crippen LogP contribution in [0.15, 0.2) is 72.8 Å². The van der Waals surface area contributed by atoms with Crippen LogP contribution in [0.1, 0.15) is 11.6 Å². The van der Waals surface area contributed by atoms with Gasteiger partial charge >= 0.3 is 0 Å². The number of methoxy groups -OCH3 is 2. The van der Waals surface area contributed by atoms with Gasteiger partial charge in [-0.15, -0.1) is 0 Å². The van der Waals surface area contributed by atoms with Crippen LogP contribution >= 0.6 is 0 Å². The van der Waals surface area contributed by atoms with Crippen LogP contribution < -0.4 is 14.4 Å². The van der Waals surface area contributed by atoms with E-state index in [1.165, 1.54) is 0 Å². The molecule has 1 amide bonds. The lowest BCUT2D eigenvalue weighted by Gasteiger charge is -2.43. The maximum atomic E-state index is 12.6. The molecule has 0 aromatic heterocycles. The Morgan fingerprint density at radius 3 is 2.00 bits per heavy atom. The molecule has 0 spiro atoms. The number of allylic oxidation sites excluding steroid dienone is 2. The van der Waals surface area contributed by atoms with E-state index < -0.39 is 0 Å². The second-order valence-electron chi connectivity index (χ2n) is 5.41. The van der Waals surface area contributed by atoms with E-state index in [4.69, 9.17) is 9.47 Å². The minimum atomic E-state index is -0.130. The standard InChI is InChI=1S/C20H19NO3/c1-4-5-18-19(14-6-10-16(23-2)11-7-14)21(20(18)22)15-8-12-17(24-3)13-9-15/h4-13,19H,1H2,2-3H3/b18-5-/t19-/m1/s1. The van der Waals surface area contributed by atoms with Crippen molar-refractivity contribution >= 4 is 11.6 Å². The molecule has 2 aromatic rings. The van der Waals surface area contributed by atoms with Crippen LogP contribution in [0.3, 0.4) is 0 Å². The van der Waals surface area contributed by atoms with Gasteiger partial charge in [0.05, 0.1) is 20.3 Å². The highest BCUT2D eigenvalue weighted by molar-refractivity contribution is 6.15. The largest absolute Gasteiger partial charge is 0.497 e. The monoisotopic (exact) mass is 321 g/mol. The Kier molecular flexibility index (Phi) is 4.38. The maximum absolute atomic E-state index is 12.6. The fraction of sp³-hybridized carbons (Fsp3) is 0.150. The minimum Gasteiger partial charge on any atom is -0.497 e. The van der Waals surface area contributed by atoms with Crippen molar-refractivity contribution in [3.63, 3.8) is 0 Å². The Morgan fingerprint density at radius 2 is 1.50 bits per heavy atom. The molecule has 3 rings (SSSR count). The van der Waals surface area contributed by atoms with E-state index in [1.54, 1.807) is 31.3 Å². The first-order valence-corrected chi connectivity index (χ1v) is 7.63. The third-order valence-corrected chi connectivity index (χ3v) is 4.10. The molecule has 1 aliphatic rings. The van der Waals surface area contributed by atoms with E-state index in [0.717, 1.165) is 28.3 Å². The molecule has 0 unspecified atom stereocenters. The average Bonchev–Trinajstić information content (AvgIpc) is 2.64. The Bertz CT molecular complexity index is 776. The van der Waals surface area contributed by atoms with Crippen molar-refractivity contribution in [2.24, 2.45) is 0 Å². The number of nitrogens with zero attached hydrogens (tertiary/aromatic N) is 1. The van der Waals surface area contributed by atoms with Gasteiger partial charge in [0.1, 0.15) is 11.5 Å². The van der Waals surface area contributed by atoms with Crippen molar-refractivity contribution in [1.29, 1.82) is 0 Å². The fourth-order valence-corrected chi connectivity index (χ4v) is 2.86. The van der Waals surface area contributed by atoms with Crippen molar-refractivity contribution in [2.45, 2.75) is 6.04 Å². The second-order valence-corrected chi connectivity index (χ2v) is 5.41. The molecule has 4 heteroatoms. The van der Waals surface area contributed by atoms with Crippen molar-refractivity contribution in [1.82, 2.24) is 0 Å². The van der Waals surface area contributed by atoms with Crippen molar-refractivity contribution in [3.05, 3.63) is 78.4 Å². The number of anilines is 1. The van der Waals surface area contributed by atoms with E-state index in [0.29, 0.717) is 0 Å². The number of benzene rings is 2. The Labute approximate surface area is 141 Å². The van der Waals surface area contributed by atoms with Crippen LogP contribution in [0.2, 0.25) is 0 Å². The third kappa shape index (κ3) is 2.67. The predicted molar refractivity (Wildman–Crippen MR) is 94.5 cm³/mol. The number of rotatable bonds is 5. The van der Waals surface area contributed by atoms with Gasteiger partial charge in [0.25, 0.3) is 5.91 Å². The number of carbonyl (C=O) groups excluding carboxylic acids is 1. The van der Waals surface area contributed by atoms with Gasteiger partial charge in [-0.1, -0.05) is 30.9 Å². The molecule has 0 N–H and O–H groups in total. The van der Waals surface area contributed by atoms with E-state index in [-0.39, 0.29) is 11.9 Å². The zero-order valence-corrected chi connectivity index (χ0v) is 13.7. The maximum Gasteiger partial charge on any atom is 0.257 e. The molecule has 1 saturated heterocycles. The summed E-state index contributed by atoms with van der Waals surface area (Å²) in [5.74, 6) is 1.53. The van der Waals surface area contributed by atoms with Gasteiger partial charge in [-0.25, -0.2) is 0 Å². The molecule has 0 radical (unpaired) electrons. The Balaban J connectivity index is 1.98. The van der Waals surface area contributed by atoms with E-state index in [2.05, 4.69) is 6.58 Å². The van der Waals surface area contributed by atoms with Gasteiger partial charge in [-0.3, -0.25) is 9.69 Å². The minimum absolute atomic E-state index is 0.0131. The van der Waals surface area contributed by atoms with Crippen molar-refractivity contribution < 1.29 is 14.3 Å². The van der Waals surface area contributed by atoms with Gasteiger partial charge in [0.2, 0.25) is 0 Å². The molecule has 4 nitrogen and oxygen atoms in total. The molecule has 24 heavy (non-hydrogen) atoms. The lowest BCUT2D eigenvalue weighted by molar-refractivity contribution is -0.119. The number of carbonyl (C=O) groups is 1. The van der Waals surface area contributed by atoms with Crippen molar-refractivity contribution in [3.8, 4) is 11.5 Å². The highest BCUT2D eigenvalue weighted by Gasteiger charge is 2.43. The van der Waals surface area contributed by atoms with Crippen LogP contribution in [0.5, 0.6) is 11.5 Å². The first-order valence-electron chi connectivity index (χ1n) is 7.63. The van der Waals surface area contributed by atoms with Gasteiger partial charge in [-0.2, -0.15) is 0 Å². The summed E-state index contributed by atoms with van der Waals surface area (Å²) in [5, 5.41) is 0. The van der Waals surface area contributed by atoms with Gasteiger partial charge in [-0.05, 0) is 42.0 Å². The Morgan fingerprint density at radius 1 is 0.958 bits per heavy atom. The predicted octanol–water partition coefficient (Wildman–Crippen LogP) is 3.90. The first-order chi connectivity index (χ1) is 11.7. The first kappa shape index (κ1) is 15.9.